The summed E-state index contributed by atoms with van der Waals surface area (Å²) in [5.41, 5.74) is -0.896. The SMILES string of the molecule is CN(C)S(=O)(=O)c1cc(C(=O)O)c(F)cc1F. The van der Waals surface area contributed by atoms with E-state index >= 15 is 0 Å². The number of carbonyl (C=O) groups is 1. The van der Waals surface area contributed by atoms with Crippen LogP contribution in [0, 0.1) is 11.6 Å². The summed E-state index contributed by atoms with van der Waals surface area (Å²) in [6.07, 6.45) is 0. The number of hydrogen-bond donors (Lipinski definition) is 1. The van der Waals surface area contributed by atoms with Gasteiger partial charge < -0.3 is 5.11 Å². The van der Waals surface area contributed by atoms with E-state index in [1.54, 1.807) is 0 Å². The first-order valence-corrected chi connectivity index (χ1v) is 5.76. The van der Waals surface area contributed by atoms with Crippen LogP contribution in [0.4, 0.5) is 8.78 Å². The van der Waals surface area contributed by atoms with Gasteiger partial charge in [0.05, 0.1) is 5.56 Å². The molecule has 1 aromatic rings. The molecular formula is C9H9F2NO4S. The molecule has 0 saturated carbocycles. The zero-order chi connectivity index (χ0) is 13.4. The van der Waals surface area contributed by atoms with Gasteiger partial charge in [-0.2, -0.15) is 0 Å². The van der Waals surface area contributed by atoms with Crippen LogP contribution in [0.5, 0.6) is 0 Å². The molecule has 0 spiro atoms. The molecule has 5 nitrogen and oxygen atoms in total. The lowest BCUT2D eigenvalue weighted by Crippen LogP contribution is -2.24. The van der Waals surface area contributed by atoms with Crippen molar-refractivity contribution in [3.05, 3.63) is 29.3 Å². The van der Waals surface area contributed by atoms with E-state index < -0.39 is 38.1 Å². The van der Waals surface area contributed by atoms with Crippen molar-refractivity contribution in [2.45, 2.75) is 4.90 Å². The van der Waals surface area contributed by atoms with Crippen molar-refractivity contribution in [2.24, 2.45) is 0 Å². The van der Waals surface area contributed by atoms with Gasteiger partial charge in [0.2, 0.25) is 10.0 Å². The van der Waals surface area contributed by atoms with Gasteiger partial charge in [-0.25, -0.2) is 26.3 Å². The standard InChI is InChI=1S/C9H9F2NO4S/c1-12(2)17(15,16)8-3-5(9(13)14)6(10)4-7(8)11/h3-4H,1-2H3,(H,13,14). The third-order valence-corrected chi connectivity index (χ3v) is 3.84. The van der Waals surface area contributed by atoms with E-state index in [1.165, 1.54) is 0 Å². The summed E-state index contributed by atoms with van der Waals surface area (Å²) in [5, 5.41) is 8.61. The van der Waals surface area contributed by atoms with Gasteiger partial charge in [0, 0.05) is 20.2 Å². The number of halogens is 2. The first-order chi connectivity index (χ1) is 7.67. The molecule has 8 heteroatoms. The van der Waals surface area contributed by atoms with Gasteiger partial charge in [0.25, 0.3) is 0 Å². The molecule has 0 amide bonds. The Labute approximate surface area is 96.3 Å². The number of hydrogen-bond acceptors (Lipinski definition) is 3. The van der Waals surface area contributed by atoms with Crippen molar-refractivity contribution < 1.29 is 27.1 Å². The molecule has 0 aliphatic rings. The van der Waals surface area contributed by atoms with Crippen LogP contribution < -0.4 is 0 Å². The number of carboxylic acid groups (broad SMARTS) is 1. The van der Waals surface area contributed by atoms with E-state index in [4.69, 9.17) is 5.11 Å². The lowest BCUT2D eigenvalue weighted by Gasteiger charge is -2.12. The molecule has 0 atom stereocenters. The minimum absolute atomic E-state index is 0.236. The smallest absolute Gasteiger partial charge is 0.338 e. The highest BCUT2D eigenvalue weighted by molar-refractivity contribution is 7.89. The molecule has 17 heavy (non-hydrogen) atoms. The molecular weight excluding hydrogens is 256 g/mol. The van der Waals surface area contributed by atoms with Crippen molar-refractivity contribution in [3.63, 3.8) is 0 Å². The Kier molecular flexibility index (Phi) is 3.48. The summed E-state index contributed by atoms with van der Waals surface area (Å²) in [5.74, 6) is -4.33. The fourth-order valence-electron chi connectivity index (χ4n) is 1.09. The number of aromatic carboxylic acids is 1. The highest BCUT2D eigenvalue weighted by Gasteiger charge is 2.25. The summed E-state index contributed by atoms with van der Waals surface area (Å²) in [7, 11) is -1.85. The minimum atomic E-state index is -4.15. The molecule has 0 aromatic heterocycles. The van der Waals surface area contributed by atoms with Crippen molar-refractivity contribution >= 4 is 16.0 Å². The number of carboxylic acids is 1. The van der Waals surface area contributed by atoms with Crippen molar-refractivity contribution in [1.29, 1.82) is 0 Å². The largest absolute Gasteiger partial charge is 0.478 e. The zero-order valence-electron chi connectivity index (χ0n) is 8.94. The molecule has 0 unspecified atom stereocenters. The van der Waals surface area contributed by atoms with Crippen molar-refractivity contribution in [1.82, 2.24) is 4.31 Å². The Balaban J connectivity index is 3.57. The lowest BCUT2D eigenvalue weighted by atomic mass is 10.2. The maximum atomic E-state index is 13.3. The first-order valence-electron chi connectivity index (χ1n) is 4.32. The van der Waals surface area contributed by atoms with Crippen LogP contribution in [0.25, 0.3) is 0 Å². The first kappa shape index (κ1) is 13.5. The summed E-state index contributed by atoms with van der Waals surface area (Å²) < 4.78 is 50.3. The normalized spacial score (nSPS) is 11.8. The minimum Gasteiger partial charge on any atom is -0.478 e. The van der Waals surface area contributed by atoms with Gasteiger partial charge in [0.15, 0.2) is 0 Å². The Morgan fingerprint density at radius 1 is 1.24 bits per heavy atom. The van der Waals surface area contributed by atoms with E-state index in [0.29, 0.717) is 10.4 Å². The molecule has 0 saturated heterocycles. The second kappa shape index (κ2) is 4.38. The van der Waals surface area contributed by atoms with Gasteiger partial charge in [-0.15, -0.1) is 0 Å². The van der Waals surface area contributed by atoms with Gasteiger partial charge in [-0.05, 0) is 6.07 Å². The van der Waals surface area contributed by atoms with Gasteiger partial charge in [-0.1, -0.05) is 0 Å². The Bertz CT molecular complexity index is 569. The highest BCUT2D eigenvalue weighted by atomic mass is 32.2. The molecule has 0 fully saturated rings. The molecule has 0 heterocycles. The number of rotatable bonds is 3. The van der Waals surface area contributed by atoms with Gasteiger partial charge in [-0.3, -0.25) is 0 Å². The quantitative estimate of drug-likeness (QED) is 0.881. The summed E-state index contributed by atoms with van der Waals surface area (Å²) in [6, 6.07) is 0.697. The van der Waals surface area contributed by atoms with E-state index in [-0.39, 0.29) is 6.07 Å². The Hall–Kier alpha value is -1.54. The van der Waals surface area contributed by atoms with Crippen LogP contribution in [-0.4, -0.2) is 37.9 Å². The van der Waals surface area contributed by atoms with Crippen LogP contribution >= 0.6 is 0 Å². The fraction of sp³-hybridized carbons (Fsp3) is 0.222. The maximum absolute atomic E-state index is 13.3. The third kappa shape index (κ3) is 2.42. The molecule has 0 aliphatic heterocycles. The number of sulfonamides is 1. The molecule has 0 aliphatic carbocycles. The van der Waals surface area contributed by atoms with Crippen LogP contribution in [0.15, 0.2) is 17.0 Å². The average Bonchev–Trinajstić information content (AvgIpc) is 2.15. The number of benzene rings is 1. The predicted octanol–water partition coefficient (Wildman–Crippen LogP) is 0.913. The predicted molar refractivity (Wildman–Crippen MR) is 54.2 cm³/mol. The van der Waals surface area contributed by atoms with Crippen LogP contribution in [0.3, 0.4) is 0 Å². The Morgan fingerprint density at radius 3 is 2.18 bits per heavy atom. The molecule has 0 radical (unpaired) electrons. The zero-order valence-corrected chi connectivity index (χ0v) is 9.75. The Morgan fingerprint density at radius 2 is 1.76 bits per heavy atom. The van der Waals surface area contributed by atoms with Crippen LogP contribution in [0.1, 0.15) is 10.4 Å². The van der Waals surface area contributed by atoms with Gasteiger partial charge >= 0.3 is 5.97 Å². The molecule has 1 N–H and O–H groups in total. The topological polar surface area (TPSA) is 74.7 Å². The molecule has 94 valence electrons. The molecule has 1 rings (SSSR count). The van der Waals surface area contributed by atoms with Gasteiger partial charge in [0.1, 0.15) is 16.5 Å². The summed E-state index contributed by atoms with van der Waals surface area (Å²) in [6.45, 7) is 0. The number of nitrogens with zero attached hydrogens (tertiary/aromatic N) is 1. The second-order valence-corrected chi connectivity index (χ2v) is 5.48. The monoisotopic (exact) mass is 265 g/mol. The van der Waals surface area contributed by atoms with Crippen LogP contribution in [0.2, 0.25) is 0 Å². The van der Waals surface area contributed by atoms with E-state index in [0.717, 1.165) is 14.1 Å². The molecule has 1 aromatic carbocycles. The van der Waals surface area contributed by atoms with Crippen molar-refractivity contribution in [2.75, 3.05) is 14.1 Å². The van der Waals surface area contributed by atoms with Crippen LogP contribution in [-0.2, 0) is 10.0 Å². The maximum Gasteiger partial charge on any atom is 0.338 e. The lowest BCUT2D eigenvalue weighted by molar-refractivity contribution is 0.0691. The second-order valence-electron chi connectivity index (χ2n) is 3.36. The van der Waals surface area contributed by atoms with E-state index in [1.807, 2.05) is 0 Å². The average molecular weight is 265 g/mol. The molecule has 0 bridgehead atoms. The summed E-state index contributed by atoms with van der Waals surface area (Å²) in [4.78, 5) is 9.74. The van der Waals surface area contributed by atoms with Crippen molar-refractivity contribution in [3.8, 4) is 0 Å². The highest BCUT2D eigenvalue weighted by Crippen LogP contribution is 2.21. The summed E-state index contributed by atoms with van der Waals surface area (Å²) >= 11 is 0. The van der Waals surface area contributed by atoms with E-state index in [9.17, 15) is 22.0 Å². The fourth-order valence-corrected chi connectivity index (χ4v) is 2.05. The third-order valence-electron chi connectivity index (χ3n) is 2.01. The van der Waals surface area contributed by atoms with E-state index in [2.05, 4.69) is 0 Å².